The third-order valence-corrected chi connectivity index (χ3v) is 3.88. The molecule has 0 aliphatic heterocycles. The number of thiazole rings is 1. The average molecular weight is 335 g/mol. The van der Waals surface area contributed by atoms with Crippen molar-refractivity contribution in [3.63, 3.8) is 0 Å². The van der Waals surface area contributed by atoms with Crippen molar-refractivity contribution in [2.75, 3.05) is 32.1 Å². The first kappa shape index (κ1) is 16.1. The number of methoxy groups -OCH3 is 1. The molecule has 1 rings (SSSR count). The summed E-state index contributed by atoms with van der Waals surface area (Å²) in [5.41, 5.74) is 1.33. The Morgan fingerprint density at radius 2 is 2.11 bits per heavy atom. The third-order valence-electron chi connectivity index (χ3n) is 2.69. The van der Waals surface area contributed by atoms with Crippen molar-refractivity contribution < 1.29 is 4.74 Å². The molecule has 0 fully saturated rings. The van der Waals surface area contributed by atoms with Crippen molar-refractivity contribution in [3.8, 4) is 0 Å². The molecule has 0 bridgehead atoms. The van der Waals surface area contributed by atoms with Gasteiger partial charge >= 0.3 is 0 Å². The van der Waals surface area contributed by atoms with Crippen molar-refractivity contribution in [3.05, 3.63) is 16.1 Å². The first-order chi connectivity index (χ1) is 8.47. The fourth-order valence-electron chi connectivity index (χ4n) is 1.53. The Kier molecular flexibility index (Phi) is 6.77. The molecule has 104 valence electrons. The maximum Gasteiger partial charge on any atom is 0.107 e. The summed E-state index contributed by atoms with van der Waals surface area (Å²) in [6, 6.07) is 0. The van der Waals surface area contributed by atoms with Gasteiger partial charge in [0.15, 0.2) is 0 Å². The first-order valence-corrected chi connectivity index (χ1v) is 8.19. The Morgan fingerprint density at radius 3 is 2.61 bits per heavy atom. The molecule has 0 atom stereocenters. The molecule has 0 amide bonds. The number of ether oxygens (including phenoxy) is 1. The monoisotopic (exact) mass is 334 g/mol. The zero-order valence-corrected chi connectivity index (χ0v) is 14.1. The molecule has 18 heavy (non-hydrogen) atoms. The highest BCUT2D eigenvalue weighted by Crippen LogP contribution is 2.24. The second kappa shape index (κ2) is 7.58. The predicted octanol–water partition coefficient (Wildman–Crippen LogP) is 3.28. The molecular weight excluding hydrogens is 312 g/mol. The highest BCUT2D eigenvalue weighted by atomic mass is 79.9. The molecule has 1 aromatic rings. The lowest BCUT2D eigenvalue weighted by Gasteiger charge is -2.19. The van der Waals surface area contributed by atoms with Gasteiger partial charge in [-0.25, -0.2) is 4.98 Å². The molecule has 0 unspecified atom stereocenters. The molecule has 1 heterocycles. The van der Waals surface area contributed by atoms with E-state index in [0.717, 1.165) is 31.6 Å². The van der Waals surface area contributed by atoms with Crippen LogP contribution in [0.25, 0.3) is 0 Å². The predicted molar refractivity (Wildman–Crippen MR) is 81.8 cm³/mol. The van der Waals surface area contributed by atoms with Crippen molar-refractivity contribution in [2.45, 2.75) is 32.7 Å². The quantitative estimate of drug-likeness (QED) is 0.715. The SMILES string of the molecule is COCCN(CCBr)Cc1nc(C(C)(C)C)cs1. The van der Waals surface area contributed by atoms with E-state index in [4.69, 9.17) is 9.72 Å². The normalized spacial score (nSPS) is 12.3. The number of nitrogens with zero attached hydrogens (tertiary/aromatic N) is 2. The van der Waals surface area contributed by atoms with E-state index in [1.807, 2.05) is 0 Å². The summed E-state index contributed by atoms with van der Waals surface area (Å²) >= 11 is 5.25. The lowest BCUT2D eigenvalue weighted by molar-refractivity contribution is 0.148. The summed E-state index contributed by atoms with van der Waals surface area (Å²) in [6.45, 7) is 10.3. The molecule has 0 saturated carbocycles. The molecular formula is C13H23BrN2OS. The van der Waals surface area contributed by atoms with Gasteiger partial charge in [0.05, 0.1) is 18.8 Å². The van der Waals surface area contributed by atoms with Gasteiger partial charge in [0, 0.05) is 36.3 Å². The minimum Gasteiger partial charge on any atom is -0.383 e. The summed E-state index contributed by atoms with van der Waals surface area (Å²) < 4.78 is 5.14. The van der Waals surface area contributed by atoms with Gasteiger partial charge in [-0.15, -0.1) is 11.3 Å². The zero-order valence-electron chi connectivity index (χ0n) is 11.7. The Hall–Kier alpha value is 0.0300. The Balaban J connectivity index is 2.60. The molecule has 0 radical (unpaired) electrons. The van der Waals surface area contributed by atoms with Crippen LogP contribution in [-0.2, 0) is 16.7 Å². The van der Waals surface area contributed by atoms with Crippen LogP contribution >= 0.6 is 27.3 Å². The maximum absolute atomic E-state index is 5.14. The van der Waals surface area contributed by atoms with Crippen LogP contribution < -0.4 is 0 Å². The molecule has 5 heteroatoms. The van der Waals surface area contributed by atoms with Gasteiger partial charge in [-0.1, -0.05) is 36.7 Å². The van der Waals surface area contributed by atoms with E-state index in [0.29, 0.717) is 0 Å². The van der Waals surface area contributed by atoms with E-state index >= 15 is 0 Å². The van der Waals surface area contributed by atoms with Crippen molar-refractivity contribution in [2.24, 2.45) is 0 Å². The minimum atomic E-state index is 0.140. The van der Waals surface area contributed by atoms with Crippen LogP contribution in [0.1, 0.15) is 31.5 Å². The van der Waals surface area contributed by atoms with E-state index < -0.39 is 0 Å². The number of aromatic nitrogens is 1. The van der Waals surface area contributed by atoms with Crippen LogP contribution in [0.3, 0.4) is 0 Å². The molecule has 0 aliphatic carbocycles. The molecule has 0 aliphatic rings. The van der Waals surface area contributed by atoms with E-state index in [-0.39, 0.29) is 5.41 Å². The highest BCUT2D eigenvalue weighted by molar-refractivity contribution is 9.09. The van der Waals surface area contributed by atoms with Gasteiger partial charge in [0.2, 0.25) is 0 Å². The maximum atomic E-state index is 5.14. The number of hydrogen-bond acceptors (Lipinski definition) is 4. The van der Waals surface area contributed by atoms with Gasteiger partial charge in [-0.05, 0) is 0 Å². The van der Waals surface area contributed by atoms with Gasteiger partial charge < -0.3 is 4.74 Å². The fraction of sp³-hybridized carbons (Fsp3) is 0.769. The number of rotatable bonds is 7. The van der Waals surface area contributed by atoms with Crippen LogP contribution in [0.4, 0.5) is 0 Å². The van der Waals surface area contributed by atoms with E-state index in [9.17, 15) is 0 Å². The molecule has 0 aromatic carbocycles. The third kappa shape index (κ3) is 5.34. The Labute approximate surface area is 123 Å². The Morgan fingerprint density at radius 1 is 1.39 bits per heavy atom. The van der Waals surface area contributed by atoms with Gasteiger partial charge in [-0.2, -0.15) is 0 Å². The molecule has 0 saturated heterocycles. The molecule has 0 N–H and O–H groups in total. The fourth-order valence-corrected chi connectivity index (χ4v) is 3.09. The topological polar surface area (TPSA) is 25.4 Å². The van der Waals surface area contributed by atoms with Crippen molar-refractivity contribution >= 4 is 27.3 Å². The van der Waals surface area contributed by atoms with E-state index in [1.165, 1.54) is 10.7 Å². The van der Waals surface area contributed by atoms with E-state index in [2.05, 4.69) is 47.0 Å². The highest BCUT2D eigenvalue weighted by Gasteiger charge is 2.18. The summed E-state index contributed by atoms with van der Waals surface area (Å²) in [6.07, 6.45) is 0. The molecule has 1 aromatic heterocycles. The van der Waals surface area contributed by atoms with Crippen molar-refractivity contribution in [1.82, 2.24) is 9.88 Å². The summed E-state index contributed by atoms with van der Waals surface area (Å²) in [7, 11) is 1.74. The largest absolute Gasteiger partial charge is 0.383 e. The molecule has 0 spiro atoms. The lowest BCUT2D eigenvalue weighted by Crippen LogP contribution is -2.28. The van der Waals surface area contributed by atoms with Crippen LogP contribution in [0.5, 0.6) is 0 Å². The molecule has 3 nitrogen and oxygen atoms in total. The van der Waals surface area contributed by atoms with Gasteiger partial charge in [0.1, 0.15) is 5.01 Å². The van der Waals surface area contributed by atoms with Gasteiger partial charge in [0.25, 0.3) is 0 Å². The van der Waals surface area contributed by atoms with Crippen molar-refractivity contribution in [1.29, 1.82) is 0 Å². The second-order valence-corrected chi connectivity index (χ2v) is 7.07. The standard InChI is InChI=1S/C13H23BrN2OS/c1-13(2,3)11-10-18-12(15-11)9-16(6-5-14)7-8-17-4/h10H,5-9H2,1-4H3. The summed E-state index contributed by atoms with van der Waals surface area (Å²) in [5.74, 6) is 0. The average Bonchev–Trinajstić information content (AvgIpc) is 2.74. The summed E-state index contributed by atoms with van der Waals surface area (Å²) in [5, 5.41) is 4.35. The number of halogens is 1. The second-order valence-electron chi connectivity index (χ2n) is 5.33. The Bertz CT molecular complexity index is 349. The van der Waals surface area contributed by atoms with Gasteiger partial charge in [-0.3, -0.25) is 4.90 Å². The van der Waals surface area contributed by atoms with Crippen LogP contribution in [-0.4, -0.2) is 42.0 Å². The lowest BCUT2D eigenvalue weighted by atomic mass is 9.93. The summed E-state index contributed by atoms with van der Waals surface area (Å²) in [4.78, 5) is 7.10. The smallest absolute Gasteiger partial charge is 0.107 e. The van der Waals surface area contributed by atoms with Crippen LogP contribution in [0, 0.1) is 0 Å². The van der Waals surface area contributed by atoms with Crippen LogP contribution in [0.2, 0.25) is 0 Å². The number of alkyl halides is 1. The minimum absolute atomic E-state index is 0.140. The number of hydrogen-bond donors (Lipinski definition) is 0. The van der Waals surface area contributed by atoms with Crippen LogP contribution in [0.15, 0.2) is 5.38 Å². The zero-order chi connectivity index (χ0) is 13.6. The first-order valence-electron chi connectivity index (χ1n) is 6.19. The van der Waals surface area contributed by atoms with E-state index in [1.54, 1.807) is 18.4 Å².